The molecule has 0 aliphatic carbocycles. The Kier molecular flexibility index (Phi) is 3.80. The SMILES string of the molecule is Cc1ccc(C(C)C)c(-c2c(C)ccc(C)c2C)c1. The van der Waals surface area contributed by atoms with E-state index < -0.39 is 0 Å². The van der Waals surface area contributed by atoms with Gasteiger partial charge in [-0.2, -0.15) is 0 Å². The van der Waals surface area contributed by atoms with Crippen molar-refractivity contribution < 1.29 is 0 Å². The third-order valence-electron chi connectivity index (χ3n) is 4.04. The lowest BCUT2D eigenvalue weighted by atomic mass is 9.86. The lowest BCUT2D eigenvalue weighted by Crippen LogP contribution is -1.98. The molecular formula is C19H24. The van der Waals surface area contributed by atoms with Crippen LogP contribution in [0.2, 0.25) is 0 Å². The molecule has 0 saturated heterocycles. The zero-order valence-electron chi connectivity index (χ0n) is 13.0. The van der Waals surface area contributed by atoms with Crippen LogP contribution in [0.25, 0.3) is 11.1 Å². The first-order chi connectivity index (χ1) is 8.91. The van der Waals surface area contributed by atoms with Crippen molar-refractivity contribution in [2.24, 2.45) is 0 Å². The van der Waals surface area contributed by atoms with E-state index in [-0.39, 0.29) is 0 Å². The molecule has 19 heavy (non-hydrogen) atoms. The Morgan fingerprint density at radius 3 is 2.05 bits per heavy atom. The molecule has 100 valence electrons. The van der Waals surface area contributed by atoms with E-state index in [1.54, 1.807) is 0 Å². The zero-order chi connectivity index (χ0) is 14.2. The Morgan fingerprint density at radius 1 is 0.789 bits per heavy atom. The molecule has 0 N–H and O–H groups in total. The molecule has 0 spiro atoms. The summed E-state index contributed by atoms with van der Waals surface area (Å²) in [6, 6.07) is 11.3. The summed E-state index contributed by atoms with van der Waals surface area (Å²) >= 11 is 0. The minimum Gasteiger partial charge on any atom is -0.0590 e. The van der Waals surface area contributed by atoms with Gasteiger partial charge in [0.2, 0.25) is 0 Å². The third-order valence-corrected chi connectivity index (χ3v) is 4.04. The summed E-state index contributed by atoms with van der Waals surface area (Å²) in [6.07, 6.45) is 0. The summed E-state index contributed by atoms with van der Waals surface area (Å²) in [7, 11) is 0. The lowest BCUT2D eigenvalue weighted by Gasteiger charge is -2.19. The van der Waals surface area contributed by atoms with E-state index in [4.69, 9.17) is 0 Å². The highest BCUT2D eigenvalue weighted by Gasteiger charge is 2.13. The van der Waals surface area contributed by atoms with Gasteiger partial charge in [0, 0.05) is 0 Å². The molecule has 2 aromatic rings. The third kappa shape index (κ3) is 2.58. The van der Waals surface area contributed by atoms with Crippen molar-refractivity contribution in [2.75, 3.05) is 0 Å². The highest BCUT2D eigenvalue weighted by molar-refractivity contribution is 5.75. The van der Waals surface area contributed by atoms with Crippen molar-refractivity contribution in [1.29, 1.82) is 0 Å². The second-order valence-corrected chi connectivity index (χ2v) is 5.94. The smallest absolute Gasteiger partial charge is 0.0120 e. The van der Waals surface area contributed by atoms with Gasteiger partial charge in [0.25, 0.3) is 0 Å². The van der Waals surface area contributed by atoms with Gasteiger partial charge in [0.05, 0.1) is 0 Å². The molecule has 0 radical (unpaired) electrons. The topological polar surface area (TPSA) is 0 Å². The molecule has 0 unspecified atom stereocenters. The van der Waals surface area contributed by atoms with Crippen molar-refractivity contribution in [2.45, 2.75) is 47.5 Å². The maximum Gasteiger partial charge on any atom is -0.0120 e. The zero-order valence-corrected chi connectivity index (χ0v) is 13.0. The van der Waals surface area contributed by atoms with Crippen LogP contribution in [-0.4, -0.2) is 0 Å². The van der Waals surface area contributed by atoms with E-state index in [0.29, 0.717) is 5.92 Å². The fourth-order valence-corrected chi connectivity index (χ4v) is 2.76. The van der Waals surface area contributed by atoms with E-state index in [9.17, 15) is 0 Å². The van der Waals surface area contributed by atoms with Gasteiger partial charge in [-0.1, -0.05) is 49.7 Å². The number of benzene rings is 2. The van der Waals surface area contributed by atoms with Crippen LogP contribution in [-0.2, 0) is 0 Å². The number of hydrogen-bond acceptors (Lipinski definition) is 0. The standard InChI is InChI=1S/C19H24/c1-12(2)17-10-7-13(3)11-18(17)19-15(5)9-8-14(4)16(19)6/h7-12H,1-6H3. The van der Waals surface area contributed by atoms with Crippen LogP contribution in [0.5, 0.6) is 0 Å². The van der Waals surface area contributed by atoms with Gasteiger partial charge < -0.3 is 0 Å². The number of rotatable bonds is 2. The highest BCUT2D eigenvalue weighted by atomic mass is 14.2. The summed E-state index contributed by atoms with van der Waals surface area (Å²) in [5, 5.41) is 0. The molecule has 2 aromatic carbocycles. The van der Waals surface area contributed by atoms with Gasteiger partial charge in [0.15, 0.2) is 0 Å². The quantitative estimate of drug-likeness (QED) is 0.642. The fraction of sp³-hybridized carbons (Fsp3) is 0.368. The average Bonchev–Trinajstić information content (AvgIpc) is 2.34. The fourth-order valence-electron chi connectivity index (χ4n) is 2.76. The summed E-state index contributed by atoms with van der Waals surface area (Å²) in [5.41, 5.74) is 9.77. The Bertz CT molecular complexity index is 604. The average molecular weight is 252 g/mol. The van der Waals surface area contributed by atoms with Crippen molar-refractivity contribution in [1.82, 2.24) is 0 Å². The Hall–Kier alpha value is -1.56. The Morgan fingerprint density at radius 2 is 1.42 bits per heavy atom. The molecule has 0 fully saturated rings. The summed E-state index contributed by atoms with van der Waals surface area (Å²) in [6.45, 7) is 13.4. The Balaban J connectivity index is 2.78. The van der Waals surface area contributed by atoms with Crippen LogP contribution >= 0.6 is 0 Å². The van der Waals surface area contributed by atoms with Crippen LogP contribution in [0.3, 0.4) is 0 Å². The van der Waals surface area contributed by atoms with Crippen LogP contribution in [0.15, 0.2) is 30.3 Å². The second kappa shape index (κ2) is 5.21. The van der Waals surface area contributed by atoms with E-state index >= 15 is 0 Å². The Labute approximate surface area is 117 Å². The maximum absolute atomic E-state index is 2.34. The molecule has 0 saturated carbocycles. The molecule has 0 aliphatic rings. The first-order valence-corrected chi connectivity index (χ1v) is 7.09. The molecule has 0 atom stereocenters. The van der Waals surface area contributed by atoms with Crippen LogP contribution in [0, 0.1) is 27.7 Å². The monoisotopic (exact) mass is 252 g/mol. The van der Waals surface area contributed by atoms with Gasteiger partial charge in [0.1, 0.15) is 0 Å². The van der Waals surface area contributed by atoms with E-state index in [2.05, 4.69) is 71.9 Å². The summed E-state index contributed by atoms with van der Waals surface area (Å²) in [5.74, 6) is 0.551. The second-order valence-electron chi connectivity index (χ2n) is 5.94. The molecule has 0 aliphatic heterocycles. The predicted molar refractivity (Wildman–Crippen MR) is 84.9 cm³/mol. The minimum atomic E-state index is 0.551. The molecular weight excluding hydrogens is 228 g/mol. The first-order valence-electron chi connectivity index (χ1n) is 7.09. The molecule has 2 rings (SSSR count). The maximum atomic E-state index is 2.34. The van der Waals surface area contributed by atoms with Gasteiger partial charge in [-0.15, -0.1) is 0 Å². The molecule has 0 aromatic heterocycles. The largest absolute Gasteiger partial charge is 0.0590 e. The summed E-state index contributed by atoms with van der Waals surface area (Å²) < 4.78 is 0. The van der Waals surface area contributed by atoms with Crippen LogP contribution < -0.4 is 0 Å². The molecule has 0 heterocycles. The van der Waals surface area contributed by atoms with Crippen molar-refractivity contribution in [3.63, 3.8) is 0 Å². The predicted octanol–water partition coefficient (Wildman–Crippen LogP) is 5.71. The molecule has 0 heteroatoms. The lowest BCUT2D eigenvalue weighted by molar-refractivity contribution is 0.868. The van der Waals surface area contributed by atoms with Crippen LogP contribution in [0.4, 0.5) is 0 Å². The van der Waals surface area contributed by atoms with Gasteiger partial charge in [-0.3, -0.25) is 0 Å². The normalized spacial score (nSPS) is 11.1. The number of hydrogen-bond donors (Lipinski definition) is 0. The van der Waals surface area contributed by atoms with E-state index in [1.807, 2.05) is 0 Å². The summed E-state index contributed by atoms with van der Waals surface area (Å²) in [4.78, 5) is 0. The molecule has 0 bridgehead atoms. The van der Waals surface area contributed by atoms with E-state index in [1.165, 1.54) is 38.9 Å². The molecule has 0 nitrogen and oxygen atoms in total. The van der Waals surface area contributed by atoms with Crippen molar-refractivity contribution in [3.05, 3.63) is 58.1 Å². The van der Waals surface area contributed by atoms with Gasteiger partial charge >= 0.3 is 0 Å². The molecule has 0 amide bonds. The van der Waals surface area contributed by atoms with Gasteiger partial charge in [-0.05, 0) is 67.0 Å². The first kappa shape index (κ1) is 13.9. The highest BCUT2D eigenvalue weighted by Crippen LogP contribution is 2.35. The number of aryl methyl sites for hydroxylation is 3. The van der Waals surface area contributed by atoms with Gasteiger partial charge in [-0.25, -0.2) is 0 Å². The van der Waals surface area contributed by atoms with E-state index in [0.717, 1.165) is 0 Å². The minimum absolute atomic E-state index is 0.551. The van der Waals surface area contributed by atoms with Crippen molar-refractivity contribution in [3.8, 4) is 11.1 Å². The van der Waals surface area contributed by atoms with Crippen LogP contribution in [0.1, 0.15) is 47.6 Å². The van der Waals surface area contributed by atoms with Crippen molar-refractivity contribution >= 4 is 0 Å².